The number of benzene rings is 1. The molecule has 106 valence electrons. The number of halogens is 1. The molecule has 0 fully saturated rings. The molecule has 0 bridgehead atoms. The highest BCUT2D eigenvalue weighted by Crippen LogP contribution is 2.42. The van der Waals surface area contributed by atoms with Crippen molar-refractivity contribution in [3.8, 4) is 22.8 Å². The molecular formula is C13H12BrNO5. The molecule has 0 atom stereocenters. The molecule has 0 aliphatic carbocycles. The molecule has 0 unspecified atom stereocenters. The van der Waals surface area contributed by atoms with E-state index < -0.39 is 5.97 Å². The number of aromatic nitrogens is 1. The SMILES string of the molecule is COc1cc(-c2cc(C(=O)O)on2)c(OC)c(Br)c1C. The third-order valence-corrected chi connectivity index (χ3v) is 3.79. The van der Waals surface area contributed by atoms with Crippen LogP contribution in [-0.4, -0.2) is 30.5 Å². The molecule has 0 saturated carbocycles. The van der Waals surface area contributed by atoms with E-state index in [-0.39, 0.29) is 5.76 Å². The third kappa shape index (κ3) is 2.36. The van der Waals surface area contributed by atoms with Crippen LogP contribution in [0.4, 0.5) is 0 Å². The summed E-state index contributed by atoms with van der Waals surface area (Å²) in [5.74, 6) is -0.250. The third-order valence-electron chi connectivity index (χ3n) is 2.84. The van der Waals surface area contributed by atoms with E-state index in [4.69, 9.17) is 19.1 Å². The summed E-state index contributed by atoms with van der Waals surface area (Å²) in [6, 6.07) is 3.06. The second-order valence-electron chi connectivity index (χ2n) is 3.98. The van der Waals surface area contributed by atoms with Crippen LogP contribution in [0.3, 0.4) is 0 Å². The summed E-state index contributed by atoms with van der Waals surface area (Å²) >= 11 is 3.44. The fraction of sp³-hybridized carbons (Fsp3) is 0.231. The number of ether oxygens (including phenoxy) is 2. The Kier molecular flexibility index (Phi) is 3.99. The Labute approximate surface area is 123 Å². The van der Waals surface area contributed by atoms with Gasteiger partial charge in [0, 0.05) is 11.6 Å². The number of carboxylic acid groups (broad SMARTS) is 1. The van der Waals surface area contributed by atoms with Crippen molar-refractivity contribution in [2.45, 2.75) is 6.92 Å². The molecule has 0 amide bonds. The number of methoxy groups -OCH3 is 2. The molecule has 7 heteroatoms. The highest BCUT2D eigenvalue weighted by atomic mass is 79.9. The van der Waals surface area contributed by atoms with Gasteiger partial charge in [-0.3, -0.25) is 0 Å². The lowest BCUT2D eigenvalue weighted by atomic mass is 10.1. The number of hydrogen-bond donors (Lipinski definition) is 1. The van der Waals surface area contributed by atoms with Crippen molar-refractivity contribution in [1.82, 2.24) is 5.16 Å². The van der Waals surface area contributed by atoms with E-state index in [2.05, 4.69) is 21.1 Å². The maximum Gasteiger partial charge on any atom is 0.374 e. The van der Waals surface area contributed by atoms with Crippen molar-refractivity contribution in [2.24, 2.45) is 0 Å². The summed E-state index contributed by atoms with van der Waals surface area (Å²) in [5.41, 5.74) is 1.81. The van der Waals surface area contributed by atoms with E-state index in [1.54, 1.807) is 13.2 Å². The number of aromatic carboxylic acids is 1. The quantitative estimate of drug-likeness (QED) is 0.919. The minimum absolute atomic E-state index is 0.238. The standard InChI is InChI=1S/C13H12BrNO5/c1-6-9(18-2)4-7(12(19-3)11(6)14)8-5-10(13(16)17)20-15-8/h4-5H,1-3H3,(H,16,17). The van der Waals surface area contributed by atoms with Crippen LogP contribution in [0.5, 0.6) is 11.5 Å². The number of rotatable bonds is 4. The predicted molar refractivity (Wildman–Crippen MR) is 74.4 cm³/mol. The van der Waals surface area contributed by atoms with Crippen LogP contribution in [0.2, 0.25) is 0 Å². The molecule has 0 aliphatic rings. The molecular weight excluding hydrogens is 330 g/mol. The fourth-order valence-corrected chi connectivity index (χ4v) is 2.38. The first-order chi connectivity index (χ1) is 9.49. The molecule has 6 nitrogen and oxygen atoms in total. The molecule has 0 saturated heterocycles. The Hall–Kier alpha value is -2.02. The van der Waals surface area contributed by atoms with Gasteiger partial charge < -0.3 is 19.1 Å². The first kappa shape index (κ1) is 14.4. The summed E-state index contributed by atoms with van der Waals surface area (Å²) in [5, 5.41) is 12.6. The second-order valence-corrected chi connectivity index (χ2v) is 4.77. The number of hydrogen-bond acceptors (Lipinski definition) is 5. The van der Waals surface area contributed by atoms with E-state index in [9.17, 15) is 4.79 Å². The first-order valence-electron chi connectivity index (χ1n) is 5.61. The van der Waals surface area contributed by atoms with E-state index in [1.807, 2.05) is 6.92 Å². The summed E-state index contributed by atoms with van der Waals surface area (Å²) in [4.78, 5) is 10.8. The molecule has 1 aromatic heterocycles. The van der Waals surface area contributed by atoms with E-state index in [1.165, 1.54) is 13.2 Å². The maximum atomic E-state index is 10.8. The summed E-state index contributed by atoms with van der Waals surface area (Å²) in [6.45, 7) is 1.88. The van der Waals surface area contributed by atoms with Crippen LogP contribution in [0.15, 0.2) is 21.1 Å². The normalized spacial score (nSPS) is 10.4. The minimum atomic E-state index is -1.18. The van der Waals surface area contributed by atoms with Crippen molar-refractivity contribution in [1.29, 1.82) is 0 Å². The van der Waals surface area contributed by atoms with Gasteiger partial charge in [0.05, 0.1) is 24.3 Å². The van der Waals surface area contributed by atoms with E-state index in [0.717, 1.165) is 5.56 Å². The topological polar surface area (TPSA) is 81.8 Å². The zero-order valence-corrected chi connectivity index (χ0v) is 12.6. The molecule has 0 radical (unpaired) electrons. The van der Waals surface area contributed by atoms with Crippen molar-refractivity contribution in [2.75, 3.05) is 14.2 Å². The highest BCUT2D eigenvalue weighted by Gasteiger charge is 2.20. The molecule has 0 spiro atoms. The highest BCUT2D eigenvalue weighted by molar-refractivity contribution is 9.10. The Morgan fingerprint density at radius 2 is 2.05 bits per heavy atom. The molecule has 0 aliphatic heterocycles. The van der Waals surface area contributed by atoms with Gasteiger partial charge in [-0.15, -0.1) is 0 Å². The molecule has 1 aromatic carbocycles. The van der Waals surface area contributed by atoms with Crippen LogP contribution >= 0.6 is 15.9 Å². The van der Waals surface area contributed by atoms with Gasteiger partial charge in [-0.25, -0.2) is 4.79 Å². The fourth-order valence-electron chi connectivity index (χ4n) is 1.81. The molecule has 2 rings (SSSR count). The largest absolute Gasteiger partial charge is 0.496 e. The molecule has 20 heavy (non-hydrogen) atoms. The maximum absolute atomic E-state index is 10.8. The monoisotopic (exact) mass is 341 g/mol. The van der Waals surface area contributed by atoms with Gasteiger partial charge in [-0.05, 0) is 28.9 Å². The van der Waals surface area contributed by atoms with Gasteiger partial charge in [-0.2, -0.15) is 0 Å². The van der Waals surface area contributed by atoms with E-state index in [0.29, 0.717) is 27.2 Å². The summed E-state index contributed by atoms with van der Waals surface area (Å²) < 4.78 is 16.1. The van der Waals surface area contributed by atoms with Gasteiger partial charge in [0.25, 0.3) is 0 Å². The Balaban J connectivity index is 2.65. The van der Waals surface area contributed by atoms with Crippen LogP contribution in [0.1, 0.15) is 16.1 Å². The van der Waals surface area contributed by atoms with E-state index >= 15 is 0 Å². The minimum Gasteiger partial charge on any atom is -0.496 e. The van der Waals surface area contributed by atoms with Gasteiger partial charge in [-0.1, -0.05) is 5.16 Å². The average molecular weight is 342 g/mol. The van der Waals surface area contributed by atoms with Crippen LogP contribution in [0, 0.1) is 6.92 Å². The lowest BCUT2D eigenvalue weighted by molar-refractivity contribution is 0.0652. The van der Waals surface area contributed by atoms with Crippen molar-refractivity contribution in [3.05, 3.63) is 27.9 Å². The number of carboxylic acids is 1. The zero-order valence-electron chi connectivity index (χ0n) is 11.1. The van der Waals surface area contributed by atoms with Crippen LogP contribution in [-0.2, 0) is 0 Å². The molecule has 2 aromatic rings. The molecule has 1 N–H and O–H groups in total. The smallest absolute Gasteiger partial charge is 0.374 e. The lowest BCUT2D eigenvalue weighted by Gasteiger charge is -2.14. The van der Waals surface area contributed by atoms with Gasteiger partial charge in [0.2, 0.25) is 5.76 Å². The Morgan fingerprint density at radius 3 is 2.55 bits per heavy atom. The van der Waals surface area contributed by atoms with Crippen molar-refractivity contribution >= 4 is 21.9 Å². The van der Waals surface area contributed by atoms with Crippen molar-refractivity contribution < 1.29 is 23.9 Å². The predicted octanol–water partition coefficient (Wildman–Crippen LogP) is 3.13. The van der Waals surface area contributed by atoms with Gasteiger partial charge in [0.1, 0.15) is 17.2 Å². The lowest BCUT2D eigenvalue weighted by Crippen LogP contribution is -1.96. The number of carbonyl (C=O) groups is 1. The van der Waals surface area contributed by atoms with Gasteiger partial charge >= 0.3 is 5.97 Å². The Morgan fingerprint density at radius 1 is 1.35 bits per heavy atom. The summed E-state index contributed by atoms with van der Waals surface area (Å²) in [7, 11) is 3.07. The summed E-state index contributed by atoms with van der Waals surface area (Å²) in [6.07, 6.45) is 0. The second kappa shape index (κ2) is 5.54. The molecule has 1 heterocycles. The zero-order chi connectivity index (χ0) is 14.9. The average Bonchev–Trinajstić information content (AvgIpc) is 2.91. The van der Waals surface area contributed by atoms with Crippen LogP contribution < -0.4 is 9.47 Å². The van der Waals surface area contributed by atoms with Crippen molar-refractivity contribution in [3.63, 3.8) is 0 Å². The number of nitrogens with zero attached hydrogens (tertiary/aromatic N) is 1. The Bertz CT molecular complexity index is 665. The first-order valence-corrected chi connectivity index (χ1v) is 6.40. The van der Waals surface area contributed by atoms with Gasteiger partial charge in [0.15, 0.2) is 0 Å². The van der Waals surface area contributed by atoms with Crippen LogP contribution in [0.25, 0.3) is 11.3 Å².